The van der Waals surface area contributed by atoms with Gasteiger partial charge in [0.1, 0.15) is 6.10 Å². The van der Waals surface area contributed by atoms with Gasteiger partial charge in [-0.05, 0) is 54.9 Å². The third-order valence-corrected chi connectivity index (χ3v) is 6.33. The summed E-state index contributed by atoms with van der Waals surface area (Å²) in [7, 11) is 0. The summed E-state index contributed by atoms with van der Waals surface area (Å²) >= 11 is 12.0. The van der Waals surface area contributed by atoms with Crippen molar-refractivity contribution in [3.8, 4) is 5.88 Å². The van der Waals surface area contributed by atoms with Crippen LogP contribution < -0.4 is 15.4 Å². The fourth-order valence-corrected chi connectivity index (χ4v) is 4.19. The van der Waals surface area contributed by atoms with Gasteiger partial charge in [-0.2, -0.15) is 0 Å². The summed E-state index contributed by atoms with van der Waals surface area (Å²) in [5.74, 6) is 1.59. The number of likely N-dealkylation sites (tertiary alicyclic amines) is 1. The second kappa shape index (κ2) is 10.5. The highest BCUT2D eigenvalue weighted by molar-refractivity contribution is 6.35. The van der Waals surface area contributed by atoms with Crippen molar-refractivity contribution in [2.75, 3.05) is 19.6 Å². The van der Waals surface area contributed by atoms with Crippen LogP contribution in [0, 0.1) is 5.92 Å². The lowest BCUT2D eigenvalue weighted by Crippen LogP contribution is -2.39. The molecule has 0 bridgehead atoms. The molecular weight excluding hydrogens is 435 g/mol. The zero-order valence-corrected chi connectivity index (χ0v) is 19.0. The fourth-order valence-electron chi connectivity index (χ4n) is 3.72. The molecule has 2 heterocycles. The lowest BCUT2D eigenvalue weighted by Gasteiger charge is -2.31. The van der Waals surface area contributed by atoms with E-state index in [-0.39, 0.29) is 12.1 Å². The number of halogens is 2. The number of carbonyl (C=O) groups is 1. The Morgan fingerprint density at radius 1 is 1.06 bits per heavy atom. The van der Waals surface area contributed by atoms with Crippen molar-refractivity contribution in [1.29, 1.82) is 0 Å². The van der Waals surface area contributed by atoms with Crippen LogP contribution in [0.5, 0.6) is 5.88 Å². The van der Waals surface area contributed by atoms with Crippen LogP contribution in [0.3, 0.4) is 0 Å². The number of carbonyl (C=O) groups excluding carboxylic acids is 1. The van der Waals surface area contributed by atoms with Gasteiger partial charge < -0.3 is 20.3 Å². The number of pyridine rings is 1. The molecule has 2 aliphatic rings. The molecule has 2 aromatic rings. The number of hydrogen-bond donors (Lipinski definition) is 2. The normalized spacial score (nSPS) is 17.4. The van der Waals surface area contributed by atoms with Crippen molar-refractivity contribution in [2.24, 2.45) is 5.92 Å². The SMILES string of the molecule is O=C(NCc1ccc(OC2CCN(CC3CC3)CC2)nc1)NCc1ccc(Cl)cc1Cl. The van der Waals surface area contributed by atoms with Crippen molar-refractivity contribution < 1.29 is 9.53 Å². The summed E-state index contributed by atoms with van der Waals surface area (Å²) < 4.78 is 6.05. The summed E-state index contributed by atoms with van der Waals surface area (Å²) in [5, 5.41) is 6.70. The van der Waals surface area contributed by atoms with E-state index in [1.165, 1.54) is 19.4 Å². The summed E-state index contributed by atoms with van der Waals surface area (Å²) in [5.41, 5.74) is 1.72. The largest absolute Gasteiger partial charge is 0.474 e. The van der Waals surface area contributed by atoms with Gasteiger partial charge >= 0.3 is 6.03 Å². The maximum Gasteiger partial charge on any atom is 0.315 e. The van der Waals surface area contributed by atoms with Gasteiger partial charge in [-0.15, -0.1) is 0 Å². The quantitative estimate of drug-likeness (QED) is 0.599. The summed E-state index contributed by atoms with van der Waals surface area (Å²) in [4.78, 5) is 19.0. The summed E-state index contributed by atoms with van der Waals surface area (Å²) in [6.45, 7) is 4.19. The van der Waals surface area contributed by atoms with Crippen molar-refractivity contribution in [3.05, 3.63) is 57.7 Å². The number of benzene rings is 1. The summed E-state index contributed by atoms with van der Waals surface area (Å²) in [6, 6.07) is 8.73. The van der Waals surface area contributed by atoms with E-state index in [4.69, 9.17) is 27.9 Å². The monoisotopic (exact) mass is 462 g/mol. The molecule has 2 N–H and O–H groups in total. The van der Waals surface area contributed by atoms with Crippen LogP contribution >= 0.6 is 23.2 Å². The molecule has 31 heavy (non-hydrogen) atoms. The van der Waals surface area contributed by atoms with E-state index in [2.05, 4.69) is 20.5 Å². The molecule has 1 saturated carbocycles. The number of aromatic nitrogens is 1. The number of rotatable bonds is 8. The van der Waals surface area contributed by atoms with E-state index < -0.39 is 0 Å². The highest BCUT2D eigenvalue weighted by Crippen LogP contribution is 2.30. The number of hydrogen-bond acceptors (Lipinski definition) is 4. The molecule has 1 saturated heterocycles. The first-order valence-corrected chi connectivity index (χ1v) is 11.6. The number of piperidine rings is 1. The van der Waals surface area contributed by atoms with Crippen molar-refractivity contribution in [2.45, 2.75) is 44.9 Å². The summed E-state index contributed by atoms with van der Waals surface area (Å²) in [6.07, 6.45) is 6.89. The van der Waals surface area contributed by atoms with E-state index >= 15 is 0 Å². The molecule has 2 amide bonds. The minimum Gasteiger partial charge on any atom is -0.474 e. The van der Waals surface area contributed by atoms with Crippen LogP contribution in [-0.2, 0) is 13.1 Å². The van der Waals surface area contributed by atoms with Crippen LogP contribution in [0.1, 0.15) is 36.8 Å². The standard InChI is InChI=1S/C23H28Cl2N4O2/c24-19-5-4-18(21(25)11-19)14-28-23(30)27-13-17-3-6-22(26-12-17)31-20-7-9-29(10-8-20)15-16-1-2-16/h3-6,11-12,16,20H,1-2,7-10,13-15H2,(H2,27,28,30). The Kier molecular flexibility index (Phi) is 7.54. The van der Waals surface area contributed by atoms with Gasteiger partial charge in [0, 0.05) is 55.0 Å². The van der Waals surface area contributed by atoms with E-state index in [0.717, 1.165) is 43.0 Å². The smallest absolute Gasteiger partial charge is 0.315 e. The topological polar surface area (TPSA) is 66.5 Å². The first-order chi connectivity index (χ1) is 15.0. The first-order valence-electron chi connectivity index (χ1n) is 10.8. The number of urea groups is 1. The number of nitrogens with zero attached hydrogens (tertiary/aromatic N) is 2. The van der Waals surface area contributed by atoms with E-state index in [9.17, 15) is 4.79 Å². The molecule has 2 fully saturated rings. The third-order valence-electron chi connectivity index (χ3n) is 5.74. The van der Waals surface area contributed by atoms with Crippen molar-refractivity contribution in [1.82, 2.24) is 20.5 Å². The molecule has 166 valence electrons. The van der Waals surface area contributed by atoms with Gasteiger partial charge in [-0.3, -0.25) is 0 Å². The number of ether oxygens (including phenoxy) is 1. The maximum absolute atomic E-state index is 12.1. The second-order valence-corrected chi connectivity index (χ2v) is 9.18. The number of nitrogens with one attached hydrogen (secondary N) is 2. The van der Waals surface area contributed by atoms with Crippen LogP contribution in [0.15, 0.2) is 36.5 Å². The van der Waals surface area contributed by atoms with Gasteiger partial charge in [0.15, 0.2) is 0 Å². The Morgan fingerprint density at radius 2 is 1.84 bits per heavy atom. The maximum atomic E-state index is 12.1. The van der Waals surface area contributed by atoms with Crippen LogP contribution in [0.25, 0.3) is 0 Å². The van der Waals surface area contributed by atoms with E-state index in [1.807, 2.05) is 12.1 Å². The molecule has 0 atom stereocenters. The van der Waals surface area contributed by atoms with E-state index in [0.29, 0.717) is 29.0 Å². The predicted molar refractivity (Wildman–Crippen MR) is 123 cm³/mol. The Morgan fingerprint density at radius 3 is 2.52 bits per heavy atom. The van der Waals surface area contributed by atoms with Crippen molar-refractivity contribution in [3.63, 3.8) is 0 Å². The van der Waals surface area contributed by atoms with Gasteiger partial charge in [0.05, 0.1) is 0 Å². The van der Waals surface area contributed by atoms with E-state index in [1.54, 1.807) is 24.4 Å². The third kappa shape index (κ3) is 6.99. The molecule has 6 nitrogen and oxygen atoms in total. The van der Waals surface area contributed by atoms with Gasteiger partial charge in [0.2, 0.25) is 5.88 Å². The molecule has 1 aliphatic carbocycles. The highest BCUT2D eigenvalue weighted by Gasteiger charge is 2.27. The minimum absolute atomic E-state index is 0.234. The first kappa shape index (κ1) is 22.2. The molecule has 0 spiro atoms. The second-order valence-electron chi connectivity index (χ2n) is 8.34. The lowest BCUT2D eigenvalue weighted by molar-refractivity contribution is 0.0944. The molecule has 8 heteroatoms. The lowest BCUT2D eigenvalue weighted by atomic mass is 10.1. The molecular formula is C23H28Cl2N4O2. The predicted octanol–water partition coefficient (Wildman–Crippen LogP) is 4.64. The Hall–Kier alpha value is -2.02. The zero-order valence-electron chi connectivity index (χ0n) is 17.4. The molecule has 0 radical (unpaired) electrons. The Balaban J connectivity index is 1.16. The highest BCUT2D eigenvalue weighted by atomic mass is 35.5. The van der Waals surface area contributed by atoms with Crippen LogP contribution in [-0.4, -0.2) is 41.7 Å². The molecule has 1 aromatic heterocycles. The average molecular weight is 463 g/mol. The fraction of sp³-hybridized carbons (Fsp3) is 0.478. The van der Waals surface area contributed by atoms with Gasteiger partial charge in [0.25, 0.3) is 0 Å². The van der Waals surface area contributed by atoms with Gasteiger partial charge in [-0.25, -0.2) is 9.78 Å². The Labute approximate surface area is 193 Å². The molecule has 1 aromatic carbocycles. The average Bonchev–Trinajstić information content (AvgIpc) is 3.58. The van der Waals surface area contributed by atoms with Crippen molar-refractivity contribution >= 4 is 29.2 Å². The van der Waals surface area contributed by atoms with Gasteiger partial charge in [-0.1, -0.05) is 35.3 Å². The molecule has 4 rings (SSSR count). The minimum atomic E-state index is -0.274. The molecule has 0 unspecified atom stereocenters. The Bertz CT molecular complexity index is 882. The zero-order chi connectivity index (χ0) is 21.6. The van der Waals surface area contributed by atoms with Crippen LogP contribution in [0.4, 0.5) is 4.79 Å². The van der Waals surface area contributed by atoms with Crippen LogP contribution in [0.2, 0.25) is 10.0 Å². The number of amides is 2. The molecule has 1 aliphatic heterocycles.